The second kappa shape index (κ2) is 4.73. The number of carbonyl (C=O) groups is 2. The molecule has 0 aliphatic rings. The van der Waals surface area contributed by atoms with Crippen LogP contribution in [0.4, 0.5) is 0 Å². The summed E-state index contributed by atoms with van der Waals surface area (Å²) in [5, 5.41) is 0. The van der Waals surface area contributed by atoms with E-state index in [0.717, 1.165) is 11.3 Å². The van der Waals surface area contributed by atoms with Crippen molar-refractivity contribution in [3.8, 4) is 5.75 Å². The summed E-state index contributed by atoms with van der Waals surface area (Å²) in [6, 6.07) is 5.01. The lowest BCUT2D eigenvalue weighted by Crippen LogP contribution is -2.10. The van der Waals surface area contributed by atoms with E-state index in [1.807, 2.05) is 13.8 Å². The fourth-order valence-electron chi connectivity index (χ4n) is 1.31. The third-order valence-corrected chi connectivity index (χ3v) is 2.06. The second-order valence-corrected chi connectivity index (χ2v) is 3.30. The van der Waals surface area contributed by atoms with E-state index >= 15 is 0 Å². The lowest BCUT2D eigenvalue weighted by Gasteiger charge is -2.07. The Kier molecular flexibility index (Phi) is 3.61. The topological polar surface area (TPSA) is 43.4 Å². The lowest BCUT2D eigenvalue weighted by molar-refractivity contribution is -0.113. The molecule has 0 radical (unpaired) electrons. The molecule has 1 aromatic rings. The molecule has 1 rings (SSSR count). The summed E-state index contributed by atoms with van der Waals surface area (Å²) in [7, 11) is 0. The first-order valence-electron chi connectivity index (χ1n) is 4.85. The molecule has 0 atom stereocenters. The zero-order chi connectivity index (χ0) is 11.4. The molecule has 15 heavy (non-hydrogen) atoms. The van der Waals surface area contributed by atoms with Crippen molar-refractivity contribution in [2.75, 3.05) is 6.61 Å². The van der Waals surface area contributed by atoms with Crippen LogP contribution >= 0.6 is 0 Å². The largest absolute Gasteiger partial charge is 0.494 e. The molecule has 0 unspecified atom stereocenters. The highest BCUT2D eigenvalue weighted by atomic mass is 16.5. The number of carbonyl (C=O) groups excluding carboxylic acids is 2. The monoisotopic (exact) mass is 206 g/mol. The molecule has 3 nitrogen and oxygen atoms in total. The predicted octanol–water partition coefficient (Wildman–Crippen LogP) is 2.17. The van der Waals surface area contributed by atoms with Crippen LogP contribution in [0.25, 0.3) is 0 Å². The Morgan fingerprint density at radius 2 is 2.00 bits per heavy atom. The fraction of sp³-hybridized carbons (Fsp3) is 0.333. The molecule has 0 bridgehead atoms. The summed E-state index contributed by atoms with van der Waals surface area (Å²) < 4.78 is 5.34. The van der Waals surface area contributed by atoms with Gasteiger partial charge >= 0.3 is 0 Å². The highest BCUT2D eigenvalue weighted by Crippen LogP contribution is 2.19. The minimum absolute atomic E-state index is 0.420. The van der Waals surface area contributed by atoms with Crippen LogP contribution in [0.5, 0.6) is 5.75 Å². The zero-order valence-corrected chi connectivity index (χ0v) is 9.16. The van der Waals surface area contributed by atoms with Crippen LogP contribution in [0.1, 0.15) is 29.8 Å². The molecule has 1 aromatic carbocycles. The molecule has 0 aliphatic carbocycles. The van der Waals surface area contributed by atoms with E-state index in [0.29, 0.717) is 12.2 Å². The summed E-state index contributed by atoms with van der Waals surface area (Å²) in [6.45, 7) is 5.60. The van der Waals surface area contributed by atoms with Crippen molar-refractivity contribution in [2.24, 2.45) is 0 Å². The Balaban J connectivity index is 3.01. The van der Waals surface area contributed by atoms with Crippen LogP contribution in [0.3, 0.4) is 0 Å². The van der Waals surface area contributed by atoms with Crippen molar-refractivity contribution in [1.82, 2.24) is 0 Å². The van der Waals surface area contributed by atoms with Gasteiger partial charge in [0.05, 0.1) is 6.61 Å². The molecule has 0 aliphatic heterocycles. The third kappa shape index (κ3) is 2.65. The van der Waals surface area contributed by atoms with E-state index in [1.54, 1.807) is 18.2 Å². The molecule has 0 N–H and O–H groups in total. The quantitative estimate of drug-likeness (QED) is 0.560. The molecule has 0 amide bonds. The van der Waals surface area contributed by atoms with Gasteiger partial charge in [-0.15, -0.1) is 0 Å². The molecule has 0 heterocycles. The number of benzene rings is 1. The smallest absolute Gasteiger partial charge is 0.228 e. The van der Waals surface area contributed by atoms with Gasteiger partial charge in [-0.1, -0.05) is 0 Å². The number of aryl methyl sites for hydroxylation is 1. The fourth-order valence-corrected chi connectivity index (χ4v) is 1.31. The van der Waals surface area contributed by atoms with Crippen molar-refractivity contribution in [3.63, 3.8) is 0 Å². The van der Waals surface area contributed by atoms with Crippen molar-refractivity contribution < 1.29 is 14.3 Å². The molecular weight excluding hydrogens is 192 g/mol. The van der Waals surface area contributed by atoms with Gasteiger partial charge in [-0.2, -0.15) is 0 Å². The maximum absolute atomic E-state index is 11.4. The van der Waals surface area contributed by atoms with E-state index in [1.165, 1.54) is 6.92 Å². The van der Waals surface area contributed by atoms with Crippen LogP contribution in [-0.4, -0.2) is 18.2 Å². The first kappa shape index (κ1) is 11.4. The van der Waals surface area contributed by atoms with Crippen molar-refractivity contribution in [3.05, 3.63) is 29.3 Å². The van der Waals surface area contributed by atoms with E-state index in [2.05, 4.69) is 0 Å². The standard InChI is InChI=1S/C12H14O3/c1-4-15-11-6-5-10(7-8(11)2)12(14)9(3)13/h5-7H,4H2,1-3H3. The summed E-state index contributed by atoms with van der Waals surface area (Å²) in [5.74, 6) is -0.155. The van der Waals surface area contributed by atoms with Crippen LogP contribution in [0, 0.1) is 6.92 Å². The van der Waals surface area contributed by atoms with Crippen molar-refractivity contribution in [1.29, 1.82) is 0 Å². The Morgan fingerprint density at radius 1 is 1.33 bits per heavy atom. The van der Waals surface area contributed by atoms with E-state index in [4.69, 9.17) is 4.74 Å². The lowest BCUT2D eigenvalue weighted by atomic mass is 10.1. The van der Waals surface area contributed by atoms with Gasteiger partial charge in [0.15, 0.2) is 5.78 Å². The normalized spacial score (nSPS) is 9.80. The first-order valence-corrected chi connectivity index (χ1v) is 4.85. The van der Waals surface area contributed by atoms with Crippen molar-refractivity contribution in [2.45, 2.75) is 20.8 Å². The van der Waals surface area contributed by atoms with E-state index < -0.39 is 11.6 Å². The van der Waals surface area contributed by atoms with Crippen LogP contribution < -0.4 is 4.74 Å². The third-order valence-electron chi connectivity index (χ3n) is 2.06. The van der Waals surface area contributed by atoms with Crippen LogP contribution in [-0.2, 0) is 4.79 Å². The number of ketones is 2. The predicted molar refractivity (Wildman–Crippen MR) is 57.4 cm³/mol. The first-order chi connectivity index (χ1) is 7.06. The molecule has 0 fully saturated rings. The summed E-state index contributed by atoms with van der Waals surface area (Å²) in [6.07, 6.45) is 0. The molecule has 80 valence electrons. The Labute approximate surface area is 89.1 Å². The summed E-state index contributed by atoms with van der Waals surface area (Å²) >= 11 is 0. The Bertz CT molecular complexity index is 394. The molecular formula is C12H14O3. The average molecular weight is 206 g/mol. The van der Waals surface area contributed by atoms with E-state index in [-0.39, 0.29) is 0 Å². The summed E-state index contributed by atoms with van der Waals surface area (Å²) in [5.41, 5.74) is 1.28. The zero-order valence-electron chi connectivity index (χ0n) is 9.16. The number of hydrogen-bond acceptors (Lipinski definition) is 3. The van der Waals surface area contributed by atoms with Gasteiger partial charge in [0.25, 0.3) is 0 Å². The Hall–Kier alpha value is -1.64. The minimum Gasteiger partial charge on any atom is -0.494 e. The number of Topliss-reactive ketones (excluding diaryl/α,β-unsaturated/α-hetero) is 2. The number of ether oxygens (including phenoxy) is 1. The van der Waals surface area contributed by atoms with Crippen molar-refractivity contribution >= 4 is 11.6 Å². The maximum atomic E-state index is 11.4. The molecule has 0 saturated heterocycles. The van der Waals surface area contributed by atoms with Gasteiger partial charge < -0.3 is 4.74 Å². The van der Waals surface area contributed by atoms with Gasteiger partial charge in [-0.3, -0.25) is 9.59 Å². The average Bonchev–Trinajstić information content (AvgIpc) is 2.20. The second-order valence-electron chi connectivity index (χ2n) is 3.30. The molecule has 0 saturated carbocycles. The molecule has 0 aromatic heterocycles. The highest BCUT2D eigenvalue weighted by molar-refractivity contribution is 6.42. The highest BCUT2D eigenvalue weighted by Gasteiger charge is 2.12. The molecule has 0 spiro atoms. The van der Waals surface area contributed by atoms with E-state index in [9.17, 15) is 9.59 Å². The maximum Gasteiger partial charge on any atom is 0.228 e. The van der Waals surface area contributed by atoms with Crippen LogP contribution in [0.2, 0.25) is 0 Å². The SMILES string of the molecule is CCOc1ccc(C(=O)C(C)=O)cc1C. The van der Waals surface area contributed by atoms with Gasteiger partial charge in [0, 0.05) is 12.5 Å². The molecule has 3 heteroatoms. The summed E-state index contributed by atoms with van der Waals surface area (Å²) in [4.78, 5) is 22.3. The minimum atomic E-state index is -0.457. The van der Waals surface area contributed by atoms with Gasteiger partial charge in [-0.05, 0) is 37.6 Å². The van der Waals surface area contributed by atoms with Gasteiger partial charge in [-0.25, -0.2) is 0 Å². The van der Waals surface area contributed by atoms with Crippen LogP contribution in [0.15, 0.2) is 18.2 Å². The number of hydrogen-bond donors (Lipinski definition) is 0. The number of rotatable bonds is 4. The van der Waals surface area contributed by atoms with Gasteiger partial charge in [0.2, 0.25) is 5.78 Å². The van der Waals surface area contributed by atoms with Gasteiger partial charge in [0.1, 0.15) is 5.75 Å². The Morgan fingerprint density at radius 3 is 2.47 bits per heavy atom.